The molecular weight excluding hydrogens is 596 g/mol. The van der Waals surface area contributed by atoms with Crippen molar-refractivity contribution in [1.82, 2.24) is 30.5 Å². The lowest BCUT2D eigenvalue weighted by Crippen LogP contribution is -2.76. The Labute approximate surface area is 275 Å². The number of hydrogen-bond donors (Lipinski definition) is 2. The van der Waals surface area contributed by atoms with Gasteiger partial charge in [0.2, 0.25) is 11.8 Å². The third kappa shape index (κ3) is 8.17. The molecule has 2 saturated heterocycles. The van der Waals surface area contributed by atoms with Gasteiger partial charge in [0.1, 0.15) is 18.8 Å². The van der Waals surface area contributed by atoms with Crippen LogP contribution in [0.1, 0.15) is 35.4 Å². The lowest BCUT2D eigenvalue weighted by atomic mass is 9.90. The van der Waals surface area contributed by atoms with Gasteiger partial charge < -0.3 is 25.2 Å². The Morgan fingerprint density at radius 1 is 0.936 bits per heavy atom. The molecule has 0 spiro atoms. The minimum atomic E-state index is -0.822. The molecule has 11 heteroatoms. The summed E-state index contributed by atoms with van der Waals surface area (Å²) in [5, 5.41) is 8.87. The molecule has 5 rings (SSSR count). The molecule has 2 aliphatic rings. The third-order valence-corrected chi connectivity index (χ3v) is 8.50. The fraction of sp³-hybridized carbons (Fsp3) is 0.333. The fourth-order valence-corrected chi connectivity index (χ4v) is 6.27. The number of benzene rings is 3. The summed E-state index contributed by atoms with van der Waals surface area (Å²) in [6.07, 6.45) is 0.890. The first-order valence-corrected chi connectivity index (χ1v) is 15.9. The molecule has 0 aromatic heterocycles. The standard InChI is InChI=1S/C36H42N6O5/c1-3-22-47-36(46)37-21-13-20-31-34(44)40(24-30(28-16-9-5-10-17-28)29-18-11-6-12-19-29)25-32-41(31)33(43)26-39(2)42(32)35(45)38-23-27-14-7-4-8-15-27/h3-12,14-19,30-32H,1,13,20-26H2,2H3,(H,37,46)(H,38,45)/t31-,32-/m0/s1. The molecule has 2 N–H and O–H groups in total. The minimum Gasteiger partial charge on any atom is -0.445 e. The van der Waals surface area contributed by atoms with Crippen LogP contribution < -0.4 is 10.6 Å². The minimum absolute atomic E-state index is 0.0537. The molecule has 0 bridgehead atoms. The number of nitrogens with one attached hydrogen (secondary N) is 2. The molecule has 246 valence electrons. The van der Waals surface area contributed by atoms with Gasteiger partial charge in [-0.05, 0) is 29.5 Å². The van der Waals surface area contributed by atoms with Crippen LogP contribution in [0.2, 0.25) is 0 Å². The Bertz CT molecular complexity index is 1480. The molecule has 3 aromatic rings. The van der Waals surface area contributed by atoms with Crippen molar-refractivity contribution >= 4 is 23.9 Å². The van der Waals surface area contributed by atoms with Crippen LogP contribution in [0.25, 0.3) is 0 Å². The predicted molar refractivity (Wildman–Crippen MR) is 178 cm³/mol. The summed E-state index contributed by atoms with van der Waals surface area (Å²) in [5.74, 6) is -0.550. The van der Waals surface area contributed by atoms with E-state index in [9.17, 15) is 19.2 Å². The smallest absolute Gasteiger partial charge is 0.407 e. The van der Waals surface area contributed by atoms with Crippen molar-refractivity contribution in [3.63, 3.8) is 0 Å². The summed E-state index contributed by atoms with van der Waals surface area (Å²) < 4.78 is 4.99. The number of hydrazine groups is 1. The molecule has 0 saturated carbocycles. The first-order valence-electron chi connectivity index (χ1n) is 15.9. The summed E-state index contributed by atoms with van der Waals surface area (Å²) >= 11 is 0. The van der Waals surface area contributed by atoms with Crippen molar-refractivity contribution in [2.24, 2.45) is 0 Å². The maximum absolute atomic E-state index is 14.3. The zero-order valence-corrected chi connectivity index (χ0v) is 26.7. The van der Waals surface area contributed by atoms with Crippen LogP contribution >= 0.6 is 0 Å². The van der Waals surface area contributed by atoms with Gasteiger partial charge >= 0.3 is 12.1 Å². The van der Waals surface area contributed by atoms with Crippen molar-refractivity contribution in [1.29, 1.82) is 0 Å². The van der Waals surface area contributed by atoms with E-state index in [4.69, 9.17) is 4.74 Å². The highest BCUT2D eigenvalue weighted by atomic mass is 16.5. The van der Waals surface area contributed by atoms with Crippen molar-refractivity contribution in [3.05, 3.63) is 120 Å². The molecule has 2 heterocycles. The van der Waals surface area contributed by atoms with E-state index in [-0.39, 0.29) is 50.0 Å². The van der Waals surface area contributed by atoms with Crippen molar-refractivity contribution < 1.29 is 23.9 Å². The van der Waals surface area contributed by atoms with Crippen LogP contribution in [0.5, 0.6) is 0 Å². The number of rotatable bonds is 12. The van der Waals surface area contributed by atoms with Crippen LogP contribution in [0.15, 0.2) is 104 Å². The van der Waals surface area contributed by atoms with Crippen LogP contribution in [-0.4, -0.2) is 95.8 Å². The largest absolute Gasteiger partial charge is 0.445 e. The van der Waals surface area contributed by atoms with E-state index < -0.39 is 18.3 Å². The molecule has 47 heavy (non-hydrogen) atoms. The maximum atomic E-state index is 14.3. The lowest BCUT2D eigenvalue weighted by Gasteiger charge is -2.54. The van der Waals surface area contributed by atoms with E-state index in [2.05, 4.69) is 17.2 Å². The van der Waals surface area contributed by atoms with Gasteiger partial charge in [0, 0.05) is 32.6 Å². The molecule has 11 nitrogen and oxygen atoms in total. The number of amides is 5. The van der Waals surface area contributed by atoms with Gasteiger partial charge in [0.15, 0.2) is 0 Å². The summed E-state index contributed by atoms with van der Waals surface area (Å²) in [6, 6.07) is 28.5. The summed E-state index contributed by atoms with van der Waals surface area (Å²) in [4.78, 5) is 57.1. The zero-order chi connectivity index (χ0) is 33.2. The third-order valence-electron chi connectivity index (χ3n) is 8.50. The highest BCUT2D eigenvalue weighted by Crippen LogP contribution is 2.32. The van der Waals surface area contributed by atoms with Gasteiger partial charge in [-0.15, -0.1) is 0 Å². The van der Waals surface area contributed by atoms with Crippen LogP contribution in [0.4, 0.5) is 9.59 Å². The molecule has 2 atom stereocenters. The van der Waals surface area contributed by atoms with Gasteiger partial charge in [-0.1, -0.05) is 104 Å². The van der Waals surface area contributed by atoms with Gasteiger partial charge in [-0.25, -0.2) is 19.6 Å². The van der Waals surface area contributed by atoms with Crippen LogP contribution in [0, 0.1) is 0 Å². The predicted octanol–water partition coefficient (Wildman–Crippen LogP) is 3.95. The quantitative estimate of drug-likeness (QED) is 0.230. The number of carbonyl (C=O) groups is 4. The Hall–Kier alpha value is -5.16. The first-order chi connectivity index (χ1) is 22.9. The normalized spacial score (nSPS) is 18.1. The topological polar surface area (TPSA) is 115 Å². The monoisotopic (exact) mass is 638 g/mol. The molecule has 0 aliphatic carbocycles. The number of carbonyl (C=O) groups excluding carboxylic acids is 4. The second-order valence-electron chi connectivity index (χ2n) is 11.7. The van der Waals surface area contributed by atoms with E-state index in [0.717, 1.165) is 16.7 Å². The Morgan fingerprint density at radius 2 is 1.55 bits per heavy atom. The second kappa shape index (κ2) is 15.9. The summed E-state index contributed by atoms with van der Waals surface area (Å²) in [6.45, 7) is 4.65. The molecular formula is C36H42N6O5. The van der Waals surface area contributed by atoms with Gasteiger partial charge in [0.05, 0.1) is 13.1 Å². The van der Waals surface area contributed by atoms with Crippen LogP contribution in [-0.2, 0) is 20.9 Å². The molecule has 3 aromatic carbocycles. The SMILES string of the molecule is C=CCOC(=O)NCCC[C@H]1C(=O)N(CC(c2ccccc2)c2ccccc2)C[C@H]2N1C(=O)CN(C)N2C(=O)NCc1ccccc1. The number of likely N-dealkylation sites (N-methyl/N-ethyl adjacent to an activating group) is 1. The van der Waals surface area contributed by atoms with Crippen LogP contribution in [0.3, 0.4) is 0 Å². The summed E-state index contributed by atoms with van der Waals surface area (Å²) in [5.41, 5.74) is 3.06. The highest BCUT2D eigenvalue weighted by molar-refractivity contribution is 5.91. The summed E-state index contributed by atoms with van der Waals surface area (Å²) in [7, 11) is 1.71. The molecule has 5 amide bonds. The van der Waals surface area contributed by atoms with E-state index in [1.807, 2.05) is 91.0 Å². The van der Waals surface area contributed by atoms with Crippen molar-refractivity contribution in [2.75, 3.05) is 39.8 Å². The van der Waals surface area contributed by atoms with E-state index in [1.165, 1.54) is 6.08 Å². The molecule has 0 radical (unpaired) electrons. The number of hydrogen-bond acceptors (Lipinski definition) is 6. The number of urea groups is 1. The number of alkyl carbamates (subject to hydrolysis) is 1. The lowest BCUT2D eigenvalue weighted by molar-refractivity contribution is -0.187. The number of piperazine rings is 1. The molecule has 0 unspecified atom stereocenters. The first kappa shape index (κ1) is 33.2. The number of nitrogens with zero attached hydrogens (tertiary/aromatic N) is 4. The van der Waals surface area contributed by atoms with Gasteiger partial charge in [-0.2, -0.15) is 0 Å². The number of ether oxygens (including phenoxy) is 1. The highest BCUT2D eigenvalue weighted by Gasteiger charge is 2.50. The fourth-order valence-electron chi connectivity index (χ4n) is 6.27. The maximum Gasteiger partial charge on any atom is 0.407 e. The average Bonchev–Trinajstić information content (AvgIpc) is 3.09. The molecule has 2 fully saturated rings. The average molecular weight is 639 g/mol. The van der Waals surface area contributed by atoms with Gasteiger partial charge in [-0.3, -0.25) is 9.59 Å². The Balaban J connectivity index is 1.42. The van der Waals surface area contributed by atoms with Gasteiger partial charge in [0.25, 0.3) is 0 Å². The van der Waals surface area contributed by atoms with E-state index in [1.54, 1.807) is 26.9 Å². The van der Waals surface area contributed by atoms with E-state index in [0.29, 0.717) is 25.9 Å². The number of fused-ring (bicyclic) bond motifs is 1. The zero-order valence-electron chi connectivity index (χ0n) is 26.7. The Morgan fingerprint density at radius 3 is 2.17 bits per heavy atom. The Kier molecular flexibility index (Phi) is 11.2. The second-order valence-corrected chi connectivity index (χ2v) is 11.7. The van der Waals surface area contributed by atoms with E-state index >= 15 is 0 Å². The molecule has 2 aliphatic heterocycles. The van der Waals surface area contributed by atoms with Crippen molar-refractivity contribution in [3.8, 4) is 0 Å². The van der Waals surface area contributed by atoms with Crippen molar-refractivity contribution in [2.45, 2.75) is 37.5 Å².